The minimum Gasteiger partial charge on any atom is -0.390 e. The average molecular weight is 414 g/mol. The van der Waals surface area contributed by atoms with E-state index in [0.29, 0.717) is 6.54 Å². The van der Waals surface area contributed by atoms with Gasteiger partial charge in [0.05, 0.1) is 5.60 Å². The summed E-state index contributed by atoms with van der Waals surface area (Å²) in [4.78, 5) is 19.8. The monoisotopic (exact) mass is 413 g/mol. The topological polar surface area (TPSA) is 47.0 Å². The van der Waals surface area contributed by atoms with Crippen LogP contribution in [0.2, 0.25) is 0 Å². The molecule has 1 aromatic carbocycles. The van der Waals surface area contributed by atoms with E-state index in [1.165, 1.54) is 16.8 Å². The summed E-state index contributed by atoms with van der Waals surface area (Å²) in [5, 5.41) is 9.90. The summed E-state index contributed by atoms with van der Waals surface area (Å²) in [6, 6.07) is 8.62. The van der Waals surface area contributed by atoms with Crippen LogP contribution >= 0.6 is 0 Å². The molecule has 5 heteroatoms. The van der Waals surface area contributed by atoms with E-state index >= 15 is 0 Å². The fourth-order valence-electron chi connectivity index (χ4n) is 4.35. The summed E-state index contributed by atoms with van der Waals surface area (Å²) < 4.78 is 0. The lowest BCUT2D eigenvalue weighted by atomic mass is 9.96. The van der Waals surface area contributed by atoms with Gasteiger partial charge < -0.3 is 19.8 Å². The number of anilines is 1. The van der Waals surface area contributed by atoms with Gasteiger partial charge >= 0.3 is 0 Å². The van der Waals surface area contributed by atoms with Crippen LogP contribution in [0.1, 0.15) is 45.6 Å². The van der Waals surface area contributed by atoms with Gasteiger partial charge in [-0.15, -0.1) is 0 Å². The maximum atomic E-state index is 13.0. The minimum absolute atomic E-state index is 0.0868. The fraction of sp³-hybridized carbons (Fsp3) is 0.640. The molecule has 2 fully saturated rings. The Morgan fingerprint density at radius 3 is 2.57 bits per heavy atom. The summed E-state index contributed by atoms with van der Waals surface area (Å²) in [5.41, 5.74) is 3.22. The lowest BCUT2D eigenvalue weighted by Gasteiger charge is -2.35. The van der Waals surface area contributed by atoms with Crippen LogP contribution in [0.3, 0.4) is 0 Å². The summed E-state index contributed by atoms with van der Waals surface area (Å²) in [6.07, 6.45) is 5.54. The highest BCUT2D eigenvalue weighted by molar-refractivity contribution is 5.81. The molecule has 0 radical (unpaired) electrons. The quantitative estimate of drug-likeness (QED) is 0.664. The minimum atomic E-state index is -0.638. The first kappa shape index (κ1) is 22.8. The van der Waals surface area contributed by atoms with Crippen LogP contribution in [-0.4, -0.2) is 72.7 Å². The second kappa shape index (κ2) is 9.97. The molecule has 166 valence electrons. The Labute approximate surface area is 182 Å². The Morgan fingerprint density at radius 2 is 1.87 bits per heavy atom. The smallest absolute Gasteiger partial charge is 0.226 e. The highest BCUT2D eigenvalue weighted by Crippen LogP contribution is 2.29. The molecule has 1 amide bonds. The van der Waals surface area contributed by atoms with Gasteiger partial charge in [0.15, 0.2) is 0 Å². The van der Waals surface area contributed by atoms with Crippen molar-refractivity contribution in [1.82, 2.24) is 9.80 Å². The number of likely N-dealkylation sites (N-methyl/N-ethyl adjacent to an activating group) is 1. The van der Waals surface area contributed by atoms with E-state index in [2.05, 4.69) is 54.1 Å². The van der Waals surface area contributed by atoms with Crippen molar-refractivity contribution >= 4 is 11.6 Å². The highest BCUT2D eigenvalue weighted by Gasteiger charge is 2.32. The number of aliphatic hydroxyl groups is 1. The van der Waals surface area contributed by atoms with Gasteiger partial charge in [0.25, 0.3) is 0 Å². The molecule has 1 N–H and O–H groups in total. The Morgan fingerprint density at radius 1 is 1.17 bits per heavy atom. The number of carbonyl (C=O) groups is 1. The van der Waals surface area contributed by atoms with Crippen molar-refractivity contribution in [3.05, 3.63) is 41.5 Å². The van der Waals surface area contributed by atoms with Gasteiger partial charge in [-0.2, -0.15) is 0 Å². The van der Waals surface area contributed by atoms with Crippen LogP contribution in [0.15, 0.2) is 35.9 Å². The molecule has 0 aliphatic carbocycles. The van der Waals surface area contributed by atoms with Crippen LogP contribution in [0.25, 0.3) is 0 Å². The molecule has 3 rings (SSSR count). The number of hydrogen-bond donors (Lipinski definition) is 1. The van der Waals surface area contributed by atoms with Crippen molar-refractivity contribution < 1.29 is 9.90 Å². The molecule has 0 bridgehead atoms. The summed E-state index contributed by atoms with van der Waals surface area (Å²) in [6.45, 7) is 11.6. The largest absolute Gasteiger partial charge is 0.390 e. The van der Waals surface area contributed by atoms with Crippen molar-refractivity contribution in [3.63, 3.8) is 0 Å². The van der Waals surface area contributed by atoms with E-state index in [1.807, 2.05) is 18.7 Å². The Balaban J connectivity index is 1.57. The first-order valence-corrected chi connectivity index (χ1v) is 11.4. The lowest BCUT2D eigenvalue weighted by Crippen LogP contribution is -2.44. The molecule has 0 unspecified atom stereocenters. The second-order valence-electron chi connectivity index (χ2n) is 9.76. The van der Waals surface area contributed by atoms with Gasteiger partial charge in [0.1, 0.15) is 0 Å². The Kier molecular flexibility index (Phi) is 7.59. The summed E-state index contributed by atoms with van der Waals surface area (Å²) in [5.74, 6) is 0.374. The highest BCUT2D eigenvalue weighted by atomic mass is 16.3. The molecule has 2 aliphatic heterocycles. The molecule has 5 nitrogen and oxygen atoms in total. The number of amides is 1. The van der Waals surface area contributed by atoms with E-state index in [0.717, 1.165) is 58.4 Å². The van der Waals surface area contributed by atoms with Crippen LogP contribution < -0.4 is 4.90 Å². The number of rotatable bonds is 8. The third-order valence-corrected chi connectivity index (χ3v) is 6.50. The molecule has 2 saturated heterocycles. The van der Waals surface area contributed by atoms with Gasteiger partial charge in [-0.3, -0.25) is 4.79 Å². The average Bonchev–Trinajstić information content (AvgIpc) is 3.05. The van der Waals surface area contributed by atoms with E-state index in [4.69, 9.17) is 0 Å². The first-order valence-electron chi connectivity index (χ1n) is 11.4. The molecule has 2 aliphatic rings. The van der Waals surface area contributed by atoms with Gasteiger partial charge in [-0.05, 0) is 65.1 Å². The molecule has 1 aromatic rings. The molecule has 0 aromatic heterocycles. The van der Waals surface area contributed by atoms with E-state index < -0.39 is 5.60 Å². The molecular formula is C25H39N3O2. The van der Waals surface area contributed by atoms with Gasteiger partial charge in [0.2, 0.25) is 5.91 Å². The van der Waals surface area contributed by atoms with Crippen molar-refractivity contribution in [3.8, 4) is 0 Å². The number of hydrogen-bond acceptors (Lipinski definition) is 4. The van der Waals surface area contributed by atoms with Crippen LogP contribution in [0.4, 0.5) is 5.69 Å². The van der Waals surface area contributed by atoms with Crippen molar-refractivity contribution in [1.29, 1.82) is 0 Å². The predicted octanol–water partition coefficient (Wildman–Crippen LogP) is 3.33. The third-order valence-electron chi connectivity index (χ3n) is 6.50. The first-order chi connectivity index (χ1) is 14.2. The number of piperazine rings is 1. The summed E-state index contributed by atoms with van der Waals surface area (Å²) >= 11 is 0. The van der Waals surface area contributed by atoms with Gasteiger partial charge in [-0.1, -0.05) is 29.8 Å². The second-order valence-corrected chi connectivity index (χ2v) is 9.76. The predicted molar refractivity (Wildman–Crippen MR) is 124 cm³/mol. The zero-order valence-corrected chi connectivity index (χ0v) is 19.2. The van der Waals surface area contributed by atoms with E-state index in [9.17, 15) is 9.90 Å². The van der Waals surface area contributed by atoms with Gasteiger partial charge in [-0.25, -0.2) is 0 Å². The fourth-order valence-corrected chi connectivity index (χ4v) is 4.35. The number of benzene rings is 1. The molecule has 1 atom stereocenters. The standard InChI is InChI=1S/C25H39N3O2/c1-20(9-12-25(2,3)30)10-13-28-14-11-22(24(28)29)19-21-7-5-6-8-23(21)27-17-15-26(4)16-18-27/h5-8,10,22,30H,9,11-19H2,1-4H3/t22-/m1/s1. The van der Waals surface area contributed by atoms with Crippen LogP contribution in [0, 0.1) is 5.92 Å². The molecule has 2 heterocycles. The van der Waals surface area contributed by atoms with Gasteiger partial charge in [0, 0.05) is 50.9 Å². The Hall–Kier alpha value is -1.85. The Bertz CT molecular complexity index is 745. The van der Waals surface area contributed by atoms with E-state index in [-0.39, 0.29) is 11.8 Å². The number of carbonyl (C=O) groups excluding carboxylic acids is 1. The molecule has 0 spiro atoms. The van der Waals surface area contributed by atoms with Crippen LogP contribution in [-0.2, 0) is 11.2 Å². The normalized spacial score (nSPS) is 21.6. The molecule has 30 heavy (non-hydrogen) atoms. The SMILES string of the molecule is CC(=CCN1CC[C@H](Cc2ccccc2N2CCN(C)CC2)C1=O)CCC(C)(C)O. The number of likely N-dealkylation sites (tertiary alicyclic amines) is 1. The molecular weight excluding hydrogens is 374 g/mol. The number of para-hydroxylation sites is 1. The zero-order chi connectivity index (χ0) is 21.7. The van der Waals surface area contributed by atoms with Crippen molar-refractivity contribution in [2.24, 2.45) is 5.92 Å². The van der Waals surface area contributed by atoms with Crippen molar-refractivity contribution in [2.75, 3.05) is 51.2 Å². The third kappa shape index (κ3) is 6.32. The number of nitrogens with zero attached hydrogens (tertiary/aromatic N) is 3. The maximum absolute atomic E-state index is 13.0. The number of allylic oxidation sites excluding steroid dienone is 1. The van der Waals surface area contributed by atoms with Crippen molar-refractivity contribution in [2.45, 2.75) is 52.1 Å². The van der Waals surface area contributed by atoms with Crippen LogP contribution in [0.5, 0.6) is 0 Å². The maximum Gasteiger partial charge on any atom is 0.226 e. The lowest BCUT2D eigenvalue weighted by molar-refractivity contribution is -0.130. The van der Waals surface area contributed by atoms with E-state index in [1.54, 1.807) is 0 Å². The zero-order valence-electron chi connectivity index (χ0n) is 19.2. The molecule has 0 saturated carbocycles. The summed E-state index contributed by atoms with van der Waals surface area (Å²) in [7, 11) is 2.18.